The average Bonchev–Trinajstić information content (AvgIpc) is 2.86. The molecule has 9 heteroatoms. The molecule has 0 atom stereocenters. The first-order valence-corrected chi connectivity index (χ1v) is 7.02. The summed E-state index contributed by atoms with van der Waals surface area (Å²) in [6.45, 7) is -0.0921. The number of methoxy groups -OCH3 is 1. The van der Waals surface area contributed by atoms with Crippen molar-refractivity contribution in [2.75, 3.05) is 11.8 Å². The second-order valence-corrected chi connectivity index (χ2v) is 5.48. The molecule has 8 nitrogen and oxygen atoms in total. The van der Waals surface area contributed by atoms with Crippen LogP contribution in [-0.4, -0.2) is 36.3 Å². The van der Waals surface area contributed by atoms with Crippen molar-refractivity contribution in [1.82, 2.24) is 14.8 Å². The van der Waals surface area contributed by atoms with E-state index in [1.807, 2.05) is 0 Å². The van der Waals surface area contributed by atoms with Gasteiger partial charge in [0.2, 0.25) is 0 Å². The maximum Gasteiger partial charge on any atom is 0.327 e. The van der Waals surface area contributed by atoms with Crippen molar-refractivity contribution in [3.8, 4) is 0 Å². The van der Waals surface area contributed by atoms with Gasteiger partial charge in [0.25, 0.3) is 10.0 Å². The van der Waals surface area contributed by atoms with Crippen molar-refractivity contribution in [2.24, 2.45) is 0 Å². The Bertz CT molecular complexity index is 696. The number of ether oxygens (including phenoxy) is 1. The lowest BCUT2D eigenvalue weighted by atomic mass is 10.5. The highest BCUT2D eigenvalue weighted by Crippen LogP contribution is 2.14. The number of esters is 1. The Kier molecular flexibility index (Phi) is 3.99. The van der Waals surface area contributed by atoms with E-state index >= 15 is 0 Å². The van der Waals surface area contributed by atoms with Crippen LogP contribution in [0.15, 0.2) is 41.8 Å². The molecule has 0 amide bonds. The van der Waals surface area contributed by atoms with Gasteiger partial charge in [0, 0.05) is 18.6 Å². The van der Waals surface area contributed by atoms with Crippen LogP contribution in [0.2, 0.25) is 0 Å². The van der Waals surface area contributed by atoms with Gasteiger partial charge in [-0.3, -0.25) is 19.2 Å². The molecule has 0 aromatic carbocycles. The highest BCUT2D eigenvalue weighted by atomic mass is 32.2. The molecule has 20 heavy (non-hydrogen) atoms. The van der Waals surface area contributed by atoms with E-state index in [0.29, 0.717) is 0 Å². The molecule has 2 rings (SSSR count). The molecule has 0 spiro atoms. The maximum atomic E-state index is 12.0. The highest BCUT2D eigenvalue weighted by molar-refractivity contribution is 7.92. The van der Waals surface area contributed by atoms with Gasteiger partial charge in [-0.05, 0) is 12.1 Å². The number of carbonyl (C=O) groups excluding carboxylic acids is 1. The lowest BCUT2D eigenvalue weighted by Crippen LogP contribution is -2.13. The molecule has 0 aliphatic heterocycles. The Morgan fingerprint density at radius 1 is 1.45 bits per heavy atom. The minimum Gasteiger partial charge on any atom is -0.468 e. The van der Waals surface area contributed by atoms with E-state index in [-0.39, 0.29) is 17.1 Å². The minimum absolute atomic E-state index is 0.0423. The Hall–Kier alpha value is -2.42. The van der Waals surface area contributed by atoms with E-state index in [1.165, 1.54) is 48.7 Å². The molecular formula is C11H12N4O4S. The van der Waals surface area contributed by atoms with Crippen LogP contribution >= 0.6 is 0 Å². The van der Waals surface area contributed by atoms with E-state index in [4.69, 9.17) is 0 Å². The number of aromatic nitrogens is 3. The standard InChI is InChI=1S/C11H12N4O4S/c1-19-11(16)8-15-7-9(5-13-15)14-20(17,18)10-3-2-4-12-6-10/h2-7,14H,8H2,1H3. The number of hydrogen-bond acceptors (Lipinski definition) is 6. The molecule has 0 aliphatic carbocycles. The number of anilines is 1. The van der Waals surface area contributed by atoms with Gasteiger partial charge in [0.1, 0.15) is 11.4 Å². The molecule has 0 bridgehead atoms. The van der Waals surface area contributed by atoms with Gasteiger partial charge < -0.3 is 4.74 Å². The molecule has 0 aliphatic rings. The molecule has 0 saturated heterocycles. The number of nitrogens with one attached hydrogen (secondary N) is 1. The predicted octanol–water partition coefficient (Wildman–Crippen LogP) is 0.252. The number of carbonyl (C=O) groups is 1. The lowest BCUT2D eigenvalue weighted by Gasteiger charge is -2.04. The highest BCUT2D eigenvalue weighted by Gasteiger charge is 2.15. The summed E-state index contributed by atoms with van der Waals surface area (Å²) in [6.07, 6.45) is 5.41. The summed E-state index contributed by atoms with van der Waals surface area (Å²) >= 11 is 0. The average molecular weight is 296 g/mol. The molecular weight excluding hydrogens is 284 g/mol. The summed E-state index contributed by atoms with van der Waals surface area (Å²) in [6, 6.07) is 2.95. The Labute approximate surface area is 115 Å². The van der Waals surface area contributed by atoms with Gasteiger partial charge in [-0.15, -0.1) is 0 Å². The molecule has 0 saturated carbocycles. The zero-order valence-electron chi connectivity index (χ0n) is 10.6. The molecule has 106 valence electrons. The van der Waals surface area contributed by atoms with Gasteiger partial charge in [0.05, 0.1) is 19.0 Å². The SMILES string of the molecule is COC(=O)Cn1cc(NS(=O)(=O)c2cccnc2)cn1. The summed E-state index contributed by atoms with van der Waals surface area (Å²) in [5, 5.41) is 3.86. The van der Waals surface area contributed by atoms with E-state index < -0.39 is 16.0 Å². The van der Waals surface area contributed by atoms with E-state index in [9.17, 15) is 13.2 Å². The minimum atomic E-state index is -3.72. The van der Waals surface area contributed by atoms with Gasteiger partial charge in [0.15, 0.2) is 0 Å². The van der Waals surface area contributed by atoms with Gasteiger partial charge in [-0.25, -0.2) is 8.42 Å². The zero-order valence-corrected chi connectivity index (χ0v) is 11.4. The third-order valence-electron chi connectivity index (χ3n) is 2.35. The fourth-order valence-electron chi connectivity index (χ4n) is 1.42. The van der Waals surface area contributed by atoms with Crippen molar-refractivity contribution in [3.05, 3.63) is 36.9 Å². The third kappa shape index (κ3) is 3.32. The van der Waals surface area contributed by atoms with Crippen molar-refractivity contribution in [2.45, 2.75) is 11.4 Å². The van der Waals surface area contributed by atoms with Crippen LogP contribution in [0.4, 0.5) is 5.69 Å². The zero-order chi connectivity index (χ0) is 14.6. The smallest absolute Gasteiger partial charge is 0.327 e. The summed E-state index contributed by atoms with van der Waals surface area (Å²) < 4.78 is 32.1. The Balaban J connectivity index is 2.13. The van der Waals surface area contributed by atoms with Crippen molar-refractivity contribution >= 4 is 21.7 Å². The Morgan fingerprint density at radius 2 is 2.25 bits per heavy atom. The first kappa shape index (κ1) is 14.0. The van der Waals surface area contributed by atoms with Crippen LogP contribution in [0.5, 0.6) is 0 Å². The number of pyridine rings is 1. The summed E-state index contributed by atoms with van der Waals surface area (Å²) in [5.74, 6) is -0.477. The van der Waals surface area contributed by atoms with Crippen LogP contribution in [0, 0.1) is 0 Å². The molecule has 1 N–H and O–H groups in total. The second-order valence-electron chi connectivity index (χ2n) is 3.80. The predicted molar refractivity (Wildman–Crippen MR) is 69.3 cm³/mol. The number of nitrogens with zero attached hydrogens (tertiary/aromatic N) is 3. The topological polar surface area (TPSA) is 103 Å². The third-order valence-corrected chi connectivity index (χ3v) is 3.72. The summed E-state index contributed by atoms with van der Waals surface area (Å²) in [5.41, 5.74) is 0.248. The second kappa shape index (κ2) is 5.70. The fraction of sp³-hybridized carbons (Fsp3) is 0.182. The lowest BCUT2D eigenvalue weighted by molar-refractivity contribution is -0.141. The van der Waals surface area contributed by atoms with E-state index in [1.54, 1.807) is 0 Å². The number of rotatable bonds is 5. The van der Waals surface area contributed by atoms with E-state index in [2.05, 4.69) is 19.5 Å². The van der Waals surface area contributed by atoms with Crippen LogP contribution in [0.25, 0.3) is 0 Å². The van der Waals surface area contributed by atoms with E-state index in [0.717, 1.165) is 0 Å². The molecule has 0 fully saturated rings. The van der Waals surface area contributed by atoms with Crippen molar-refractivity contribution in [1.29, 1.82) is 0 Å². The molecule has 0 unspecified atom stereocenters. The van der Waals surface area contributed by atoms with Crippen LogP contribution in [-0.2, 0) is 26.1 Å². The largest absolute Gasteiger partial charge is 0.468 e. The molecule has 2 aromatic heterocycles. The summed E-state index contributed by atoms with van der Waals surface area (Å²) in [7, 11) is -2.45. The Morgan fingerprint density at radius 3 is 2.90 bits per heavy atom. The van der Waals surface area contributed by atoms with Gasteiger partial charge in [-0.1, -0.05) is 0 Å². The molecule has 2 heterocycles. The van der Waals surface area contributed by atoms with Crippen molar-refractivity contribution < 1.29 is 17.9 Å². The summed E-state index contributed by atoms with van der Waals surface area (Å²) in [4.78, 5) is 14.9. The monoisotopic (exact) mass is 296 g/mol. The first-order chi connectivity index (χ1) is 9.51. The van der Waals surface area contributed by atoms with Crippen LogP contribution in [0.1, 0.15) is 0 Å². The van der Waals surface area contributed by atoms with Crippen molar-refractivity contribution in [3.63, 3.8) is 0 Å². The van der Waals surface area contributed by atoms with Crippen LogP contribution in [0.3, 0.4) is 0 Å². The fourth-order valence-corrected chi connectivity index (χ4v) is 2.41. The molecule has 0 radical (unpaired) electrons. The van der Waals surface area contributed by atoms with Gasteiger partial charge in [-0.2, -0.15) is 5.10 Å². The van der Waals surface area contributed by atoms with Gasteiger partial charge >= 0.3 is 5.97 Å². The van der Waals surface area contributed by atoms with Crippen LogP contribution < -0.4 is 4.72 Å². The number of sulfonamides is 1. The number of hydrogen-bond donors (Lipinski definition) is 1. The maximum absolute atomic E-state index is 12.0. The first-order valence-electron chi connectivity index (χ1n) is 5.53. The normalized spacial score (nSPS) is 11.1. The molecule has 2 aromatic rings. The quantitative estimate of drug-likeness (QED) is 0.793.